The number of hydrogen-bond donors (Lipinski definition) is 0. The van der Waals surface area contributed by atoms with Crippen LogP contribution in [-0.2, 0) is 13.0 Å². The number of amides is 1. The van der Waals surface area contributed by atoms with Gasteiger partial charge in [0, 0.05) is 55.4 Å². The van der Waals surface area contributed by atoms with Gasteiger partial charge in [0.15, 0.2) is 0 Å². The molecular formula is C28H30N4O. The van der Waals surface area contributed by atoms with E-state index in [2.05, 4.69) is 49.8 Å². The van der Waals surface area contributed by atoms with E-state index < -0.39 is 0 Å². The third-order valence-corrected chi connectivity index (χ3v) is 6.93. The number of carbonyl (C=O) groups excluding carboxylic acids is 1. The second-order valence-corrected chi connectivity index (χ2v) is 9.07. The van der Waals surface area contributed by atoms with Crippen LogP contribution in [-0.4, -0.2) is 38.4 Å². The van der Waals surface area contributed by atoms with Gasteiger partial charge in [0.25, 0.3) is 5.91 Å². The Balaban J connectivity index is 1.29. The molecule has 1 saturated heterocycles. The van der Waals surface area contributed by atoms with Gasteiger partial charge in [-0.1, -0.05) is 36.4 Å². The van der Waals surface area contributed by atoms with Gasteiger partial charge >= 0.3 is 0 Å². The number of imidazole rings is 1. The number of aromatic nitrogens is 3. The summed E-state index contributed by atoms with van der Waals surface area (Å²) >= 11 is 0. The topological polar surface area (TPSA) is 51.0 Å². The maximum Gasteiger partial charge on any atom is 0.254 e. The molecule has 1 atom stereocenters. The van der Waals surface area contributed by atoms with Gasteiger partial charge in [0.05, 0.1) is 0 Å². The van der Waals surface area contributed by atoms with Crippen LogP contribution in [0.1, 0.15) is 46.6 Å². The van der Waals surface area contributed by atoms with E-state index >= 15 is 0 Å². The molecule has 0 bridgehead atoms. The Morgan fingerprint density at radius 2 is 1.88 bits per heavy atom. The molecule has 5 rings (SSSR count). The van der Waals surface area contributed by atoms with Gasteiger partial charge in [-0.25, -0.2) is 4.98 Å². The van der Waals surface area contributed by atoms with Crippen molar-refractivity contribution in [3.63, 3.8) is 0 Å². The number of benzene rings is 2. The minimum Gasteiger partial charge on any atom is -0.339 e. The number of fused-ring (bicyclic) bond motifs is 1. The zero-order valence-electron chi connectivity index (χ0n) is 19.2. The van der Waals surface area contributed by atoms with Crippen molar-refractivity contribution in [1.29, 1.82) is 0 Å². The fourth-order valence-electron chi connectivity index (χ4n) is 5.03. The van der Waals surface area contributed by atoms with E-state index in [0.717, 1.165) is 55.7 Å². The lowest BCUT2D eigenvalue weighted by molar-refractivity contribution is 0.0758. The molecule has 5 heteroatoms. The van der Waals surface area contributed by atoms with Gasteiger partial charge in [-0.3, -0.25) is 9.78 Å². The van der Waals surface area contributed by atoms with Crippen molar-refractivity contribution in [3.8, 4) is 0 Å². The Morgan fingerprint density at radius 3 is 2.76 bits per heavy atom. The Hall–Kier alpha value is -3.47. The highest BCUT2D eigenvalue weighted by atomic mass is 16.2. The van der Waals surface area contributed by atoms with Crippen molar-refractivity contribution in [1.82, 2.24) is 19.4 Å². The number of likely N-dealkylation sites (tertiary alicyclic amines) is 1. The van der Waals surface area contributed by atoms with Crippen molar-refractivity contribution >= 4 is 16.7 Å². The number of carbonyl (C=O) groups is 1. The lowest BCUT2D eigenvalue weighted by Gasteiger charge is -2.22. The second kappa shape index (κ2) is 9.57. The number of nitrogens with zero attached hydrogens (tertiary/aromatic N) is 4. The Labute approximate surface area is 195 Å². The smallest absolute Gasteiger partial charge is 0.254 e. The van der Waals surface area contributed by atoms with Crippen molar-refractivity contribution < 1.29 is 4.79 Å². The normalized spacial score (nSPS) is 16.6. The van der Waals surface area contributed by atoms with Crippen LogP contribution in [0.5, 0.6) is 0 Å². The number of aryl methyl sites for hydroxylation is 1. The van der Waals surface area contributed by atoms with Crippen LogP contribution >= 0.6 is 0 Å². The molecule has 3 heterocycles. The molecule has 168 valence electrons. The van der Waals surface area contributed by atoms with Crippen LogP contribution in [0.25, 0.3) is 10.8 Å². The maximum absolute atomic E-state index is 13.5. The molecule has 5 nitrogen and oxygen atoms in total. The van der Waals surface area contributed by atoms with E-state index in [-0.39, 0.29) is 5.91 Å². The molecule has 0 spiro atoms. The van der Waals surface area contributed by atoms with Crippen LogP contribution in [0.4, 0.5) is 0 Å². The molecule has 0 radical (unpaired) electrons. The minimum absolute atomic E-state index is 0.151. The summed E-state index contributed by atoms with van der Waals surface area (Å²) in [5.74, 6) is 1.69. The lowest BCUT2D eigenvalue weighted by atomic mass is 9.91. The molecule has 1 amide bonds. The van der Waals surface area contributed by atoms with E-state index in [1.54, 1.807) is 6.20 Å². The fraction of sp³-hybridized carbons (Fsp3) is 0.321. The summed E-state index contributed by atoms with van der Waals surface area (Å²) in [5, 5.41) is 2.50. The largest absolute Gasteiger partial charge is 0.339 e. The van der Waals surface area contributed by atoms with Gasteiger partial charge in [-0.05, 0) is 67.2 Å². The Bertz CT molecular complexity index is 1260. The molecule has 1 aliphatic rings. The molecule has 0 N–H and O–H groups in total. The highest BCUT2D eigenvalue weighted by Gasteiger charge is 2.24. The molecule has 2 aromatic carbocycles. The predicted molar refractivity (Wildman–Crippen MR) is 131 cm³/mol. The van der Waals surface area contributed by atoms with Crippen LogP contribution in [0.15, 0.2) is 73.3 Å². The summed E-state index contributed by atoms with van der Waals surface area (Å²) in [6, 6.07) is 16.6. The summed E-state index contributed by atoms with van der Waals surface area (Å²) in [7, 11) is 0. The Kier molecular flexibility index (Phi) is 6.20. The first-order chi connectivity index (χ1) is 16.2. The number of pyridine rings is 1. The summed E-state index contributed by atoms with van der Waals surface area (Å²) in [4.78, 5) is 24.2. The quantitative estimate of drug-likeness (QED) is 0.426. The summed E-state index contributed by atoms with van der Waals surface area (Å²) in [6.07, 6.45) is 11.9. The van der Waals surface area contributed by atoms with E-state index in [4.69, 9.17) is 0 Å². The van der Waals surface area contributed by atoms with E-state index in [9.17, 15) is 4.79 Å². The third kappa shape index (κ3) is 4.68. The van der Waals surface area contributed by atoms with Crippen LogP contribution in [0.3, 0.4) is 0 Å². The minimum atomic E-state index is 0.151. The molecule has 1 fully saturated rings. The maximum atomic E-state index is 13.5. The van der Waals surface area contributed by atoms with Gasteiger partial charge in [0.2, 0.25) is 0 Å². The summed E-state index contributed by atoms with van der Waals surface area (Å²) in [5.41, 5.74) is 3.23. The van der Waals surface area contributed by atoms with Crippen LogP contribution in [0.2, 0.25) is 0 Å². The summed E-state index contributed by atoms with van der Waals surface area (Å²) in [6.45, 7) is 4.29. The van der Waals surface area contributed by atoms with E-state index in [0.29, 0.717) is 12.5 Å². The van der Waals surface area contributed by atoms with Crippen molar-refractivity contribution in [2.24, 2.45) is 5.92 Å². The van der Waals surface area contributed by atoms with Crippen LogP contribution in [0, 0.1) is 12.8 Å². The van der Waals surface area contributed by atoms with Gasteiger partial charge in [-0.2, -0.15) is 0 Å². The standard InChI is InChI=1S/C28H30N4O/c1-21-30-14-17-32(21)20-25-7-2-3-10-26(25)28(33)31-15-5-6-22(12-16-31)18-24-9-4-8-23-11-13-29-19-27(23)24/h2-4,7-11,13-14,17,19,22H,5-6,12,15-16,18,20H2,1H3/t22-/m1/s1. The van der Waals surface area contributed by atoms with Crippen molar-refractivity contribution in [2.75, 3.05) is 13.1 Å². The zero-order chi connectivity index (χ0) is 22.6. The zero-order valence-corrected chi connectivity index (χ0v) is 19.2. The summed E-state index contributed by atoms with van der Waals surface area (Å²) < 4.78 is 2.09. The predicted octanol–water partition coefficient (Wildman–Crippen LogP) is 5.27. The number of rotatable bonds is 5. The molecule has 2 aromatic heterocycles. The van der Waals surface area contributed by atoms with Crippen molar-refractivity contribution in [2.45, 2.75) is 39.2 Å². The Morgan fingerprint density at radius 1 is 1.00 bits per heavy atom. The molecule has 0 unspecified atom stereocenters. The molecule has 0 aliphatic carbocycles. The van der Waals surface area contributed by atoms with E-state index in [1.165, 1.54) is 16.3 Å². The first-order valence-corrected chi connectivity index (χ1v) is 11.9. The molecule has 4 aromatic rings. The fourth-order valence-corrected chi connectivity index (χ4v) is 5.03. The van der Waals surface area contributed by atoms with E-state index in [1.807, 2.05) is 43.7 Å². The average molecular weight is 439 g/mol. The van der Waals surface area contributed by atoms with Gasteiger partial charge in [-0.15, -0.1) is 0 Å². The monoisotopic (exact) mass is 438 g/mol. The van der Waals surface area contributed by atoms with Gasteiger partial charge in [0.1, 0.15) is 5.82 Å². The average Bonchev–Trinajstić information content (AvgIpc) is 3.10. The SMILES string of the molecule is Cc1nccn1Cc1ccccc1C(=O)N1CCC[C@@H](Cc2cccc3ccncc23)CC1. The molecular weight excluding hydrogens is 408 g/mol. The lowest BCUT2D eigenvalue weighted by Crippen LogP contribution is -2.33. The molecule has 1 aliphatic heterocycles. The molecule has 0 saturated carbocycles. The first-order valence-electron chi connectivity index (χ1n) is 11.9. The second-order valence-electron chi connectivity index (χ2n) is 9.07. The first kappa shape index (κ1) is 21.4. The van der Waals surface area contributed by atoms with Crippen molar-refractivity contribution in [3.05, 3.63) is 95.8 Å². The highest BCUT2D eigenvalue weighted by molar-refractivity contribution is 5.95. The van der Waals surface area contributed by atoms with Gasteiger partial charge < -0.3 is 9.47 Å². The highest BCUT2D eigenvalue weighted by Crippen LogP contribution is 2.27. The van der Waals surface area contributed by atoms with Crippen LogP contribution < -0.4 is 0 Å². The molecule has 33 heavy (non-hydrogen) atoms. The third-order valence-electron chi connectivity index (χ3n) is 6.93. The number of hydrogen-bond acceptors (Lipinski definition) is 3.